The van der Waals surface area contributed by atoms with E-state index in [4.69, 9.17) is 11.6 Å². The molecule has 0 aromatic rings. The van der Waals surface area contributed by atoms with Crippen molar-refractivity contribution < 1.29 is 17.0 Å². The third-order valence-corrected chi connectivity index (χ3v) is 2.23. The quantitative estimate of drug-likeness (QED) is 0.416. The summed E-state index contributed by atoms with van der Waals surface area (Å²) in [6.07, 6.45) is 3.96. The van der Waals surface area contributed by atoms with Gasteiger partial charge in [-0.2, -0.15) is 0 Å². The Morgan fingerprint density at radius 2 is 2.20 bits per heavy atom. The molecule has 0 N–H and O–H groups in total. The Bertz CT molecular complexity index is 123. The Hall–Kier alpha value is 0.250. The smallest absolute Gasteiger partial charge is 0.232 e. The second-order valence-electron chi connectivity index (χ2n) is 2.68. The number of nitrogens with zero attached hydrogens (tertiary/aromatic N) is 1. The van der Waals surface area contributed by atoms with Gasteiger partial charge in [0.25, 0.3) is 0 Å². The van der Waals surface area contributed by atoms with E-state index in [1.807, 2.05) is 0 Å². The minimum atomic E-state index is 0. The molecule has 1 nitrogen and oxygen atoms in total. The van der Waals surface area contributed by atoms with Crippen LogP contribution in [-0.4, -0.2) is 22.8 Å². The summed E-state index contributed by atoms with van der Waals surface area (Å²) < 4.78 is 2.20. The van der Waals surface area contributed by atoms with Crippen LogP contribution in [0.3, 0.4) is 0 Å². The predicted octanol–water partition coefficient (Wildman–Crippen LogP) is -1.16. The van der Waals surface area contributed by atoms with Crippen molar-refractivity contribution in [1.82, 2.24) is 0 Å². The maximum Gasteiger partial charge on any atom is 0.232 e. The molecule has 0 saturated carbocycles. The lowest BCUT2D eigenvalue weighted by atomic mass is 10.1. The summed E-state index contributed by atoms with van der Waals surface area (Å²) >= 11 is 5.58. The molecule has 1 atom stereocenters. The Morgan fingerprint density at radius 1 is 1.50 bits per heavy atom. The van der Waals surface area contributed by atoms with Crippen LogP contribution < -0.4 is 12.4 Å². The van der Waals surface area contributed by atoms with Gasteiger partial charge in [-0.1, -0.05) is 0 Å². The Kier molecular flexibility index (Phi) is 5.10. The number of hydrogen-bond donors (Lipinski definition) is 0. The van der Waals surface area contributed by atoms with Crippen molar-refractivity contribution in [2.75, 3.05) is 6.54 Å². The Balaban J connectivity index is 0.000000810. The number of hydrogen-bond acceptors (Lipinski definition) is 0. The molecule has 1 rings (SSSR count). The van der Waals surface area contributed by atoms with Gasteiger partial charge in [0, 0.05) is 12.8 Å². The van der Waals surface area contributed by atoms with Crippen LogP contribution in [-0.2, 0) is 0 Å². The summed E-state index contributed by atoms with van der Waals surface area (Å²) in [5, 5.41) is 0. The van der Waals surface area contributed by atoms with Crippen molar-refractivity contribution in [3.8, 4) is 0 Å². The van der Waals surface area contributed by atoms with Crippen LogP contribution in [0.4, 0.5) is 0 Å². The van der Waals surface area contributed by atoms with Crippen LogP contribution in [0, 0.1) is 0 Å². The van der Waals surface area contributed by atoms with Gasteiger partial charge in [-0.15, -0.1) is 0 Å². The summed E-state index contributed by atoms with van der Waals surface area (Å²) in [6, 6.07) is 0.663. The largest absolute Gasteiger partial charge is 1.00 e. The fourth-order valence-corrected chi connectivity index (χ4v) is 1.56. The minimum absolute atomic E-state index is 0. The molecular weight excluding hydrogens is 169 g/mol. The summed E-state index contributed by atoms with van der Waals surface area (Å²) in [4.78, 5) is 0. The maximum absolute atomic E-state index is 5.58. The first kappa shape index (κ1) is 10.2. The van der Waals surface area contributed by atoms with Gasteiger partial charge in [-0.05, 0) is 24.9 Å². The highest BCUT2D eigenvalue weighted by Crippen LogP contribution is 2.10. The molecule has 0 aromatic heterocycles. The molecule has 0 amide bonds. The molecule has 10 heavy (non-hydrogen) atoms. The van der Waals surface area contributed by atoms with Gasteiger partial charge in [0.1, 0.15) is 6.54 Å². The van der Waals surface area contributed by atoms with Crippen LogP contribution in [0.5, 0.6) is 0 Å². The van der Waals surface area contributed by atoms with Crippen LogP contribution in [0.1, 0.15) is 26.2 Å². The van der Waals surface area contributed by atoms with Gasteiger partial charge in [-0.3, -0.25) is 0 Å². The fourth-order valence-electron chi connectivity index (χ4n) is 1.27. The van der Waals surface area contributed by atoms with Crippen molar-refractivity contribution in [2.24, 2.45) is 0 Å². The molecule has 1 fully saturated rings. The zero-order chi connectivity index (χ0) is 6.69. The summed E-state index contributed by atoms with van der Waals surface area (Å²) in [6.45, 7) is 3.36. The zero-order valence-corrected chi connectivity index (χ0v) is 7.70. The van der Waals surface area contributed by atoms with Crippen molar-refractivity contribution in [1.29, 1.82) is 0 Å². The van der Waals surface area contributed by atoms with E-state index in [1.54, 1.807) is 5.67 Å². The molecule has 1 heterocycles. The molecule has 1 aliphatic rings. The highest BCUT2D eigenvalue weighted by atomic mass is 35.5. The Labute approximate surface area is 73.5 Å². The van der Waals surface area contributed by atoms with Gasteiger partial charge < -0.3 is 12.4 Å². The average Bonchev–Trinajstić information content (AvgIpc) is 1.89. The molecule has 1 unspecified atom stereocenters. The normalized spacial score (nSPS) is 29.8. The highest BCUT2D eigenvalue weighted by molar-refractivity contribution is 6.54. The zero-order valence-electron chi connectivity index (χ0n) is 6.19. The molecular formula is C7H13Cl2N. The van der Waals surface area contributed by atoms with Gasteiger partial charge in [0.15, 0.2) is 6.04 Å². The molecule has 0 bridgehead atoms. The van der Waals surface area contributed by atoms with Crippen LogP contribution in [0.25, 0.3) is 0 Å². The molecule has 1 saturated heterocycles. The standard InChI is InChI=1S/C7H13ClN.ClH/c1-7-4-2-3-5-9(7)6-8;/h6-7H,2-5H2,1H3;1H/q+1;/p-1/b9-6+;. The summed E-state index contributed by atoms with van der Waals surface area (Å²) in [5.74, 6) is 0. The average molecular weight is 182 g/mol. The van der Waals surface area contributed by atoms with E-state index in [1.165, 1.54) is 19.3 Å². The van der Waals surface area contributed by atoms with Crippen LogP contribution >= 0.6 is 11.6 Å². The monoisotopic (exact) mass is 181 g/mol. The molecule has 60 valence electrons. The van der Waals surface area contributed by atoms with E-state index in [-0.39, 0.29) is 12.4 Å². The number of rotatable bonds is 0. The third-order valence-electron chi connectivity index (χ3n) is 1.98. The molecule has 0 aromatic carbocycles. The molecule has 0 radical (unpaired) electrons. The second-order valence-corrected chi connectivity index (χ2v) is 2.88. The van der Waals surface area contributed by atoms with Crippen LogP contribution in [0.15, 0.2) is 0 Å². The molecule has 1 aliphatic heterocycles. The van der Waals surface area contributed by atoms with Gasteiger partial charge >= 0.3 is 0 Å². The number of halogens is 2. The van der Waals surface area contributed by atoms with E-state index in [2.05, 4.69) is 11.5 Å². The minimum Gasteiger partial charge on any atom is -1.00 e. The molecule has 0 aliphatic carbocycles. The first-order valence-corrected chi connectivity index (χ1v) is 3.97. The van der Waals surface area contributed by atoms with Crippen molar-refractivity contribution in [3.05, 3.63) is 0 Å². The van der Waals surface area contributed by atoms with E-state index in [9.17, 15) is 0 Å². The van der Waals surface area contributed by atoms with E-state index >= 15 is 0 Å². The molecule has 3 heteroatoms. The lowest BCUT2D eigenvalue weighted by Crippen LogP contribution is -3.00. The van der Waals surface area contributed by atoms with Crippen LogP contribution in [0.2, 0.25) is 0 Å². The SMILES string of the molecule is CC1CCCC/[N+]1=C\Cl.[Cl-]. The van der Waals surface area contributed by atoms with E-state index in [0.717, 1.165) is 6.54 Å². The van der Waals surface area contributed by atoms with E-state index < -0.39 is 0 Å². The number of piperidine rings is 1. The van der Waals surface area contributed by atoms with Crippen molar-refractivity contribution >= 4 is 17.3 Å². The summed E-state index contributed by atoms with van der Waals surface area (Å²) in [5.41, 5.74) is 1.68. The lowest BCUT2D eigenvalue weighted by Gasteiger charge is -2.15. The first-order chi connectivity index (χ1) is 4.34. The van der Waals surface area contributed by atoms with Crippen molar-refractivity contribution in [2.45, 2.75) is 32.2 Å². The third kappa shape index (κ3) is 2.47. The second kappa shape index (κ2) is 4.97. The molecule has 0 spiro atoms. The maximum atomic E-state index is 5.58. The lowest BCUT2D eigenvalue weighted by molar-refractivity contribution is -0.566. The van der Waals surface area contributed by atoms with Crippen molar-refractivity contribution in [3.63, 3.8) is 0 Å². The van der Waals surface area contributed by atoms with Gasteiger partial charge in [0.05, 0.1) is 0 Å². The van der Waals surface area contributed by atoms with E-state index in [0.29, 0.717) is 6.04 Å². The van der Waals surface area contributed by atoms with Gasteiger partial charge in [0.2, 0.25) is 5.67 Å². The fraction of sp³-hybridized carbons (Fsp3) is 0.857. The summed E-state index contributed by atoms with van der Waals surface area (Å²) in [7, 11) is 0. The topological polar surface area (TPSA) is 3.01 Å². The Morgan fingerprint density at radius 3 is 2.60 bits per heavy atom. The first-order valence-electron chi connectivity index (χ1n) is 3.54. The highest BCUT2D eigenvalue weighted by Gasteiger charge is 2.18. The predicted molar refractivity (Wildman–Crippen MR) is 40.4 cm³/mol. The van der Waals surface area contributed by atoms with Gasteiger partial charge in [-0.25, -0.2) is 4.58 Å².